The summed E-state index contributed by atoms with van der Waals surface area (Å²) in [4.78, 5) is 37.1. The lowest BCUT2D eigenvalue weighted by molar-refractivity contribution is -0.142. The lowest BCUT2D eigenvalue weighted by atomic mass is 10.2. The smallest absolute Gasteiger partial charge is 0.343 e. The van der Waals surface area contributed by atoms with Gasteiger partial charge in [0.2, 0.25) is 0 Å². The van der Waals surface area contributed by atoms with Crippen molar-refractivity contribution in [2.45, 2.75) is 6.54 Å². The predicted octanol–water partition coefficient (Wildman–Crippen LogP) is 3.61. The first-order valence-corrected chi connectivity index (χ1v) is 9.08. The van der Waals surface area contributed by atoms with Gasteiger partial charge in [0.25, 0.3) is 11.1 Å². The van der Waals surface area contributed by atoms with Crippen LogP contribution in [-0.2, 0) is 20.9 Å². The summed E-state index contributed by atoms with van der Waals surface area (Å²) in [5.74, 6) is -0.958. The van der Waals surface area contributed by atoms with Gasteiger partial charge < -0.3 is 9.47 Å². The van der Waals surface area contributed by atoms with E-state index in [-0.39, 0.29) is 23.6 Å². The Morgan fingerprint density at radius 1 is 1.14 bits per heavy atom. The minimum Gasteiger partial charge on any atom is -0.482 e. The SMILES string of the molecule is COC(=O)COc1ccc(/C=C2\SC(=O)N(Cc3ccccc3F)C2=O)cc1. The monoisotopic (exact) mass is 401 g/mol. The van der Waals surface area contributed by atoms with Crippen molar-refractivity contribution in [2.24, 2.45) is 0 Å². The number of methoxy groups -OCH3 is 1. The Labute approximate surface area is 164 Å². The topological polar surface area (TPSA) is 72.9 Å². The minimum atomic E-state index is -0.493. The van der Waals surface area contributed by atoms with Crippen molar-refractivity contribution in [1.82, 2.24) is 4.90 Å². The van der Waals surface area contributed by atoms with Crippen molar-refractivity contribution >= 4 is 35.0 Å². The second-order valence-corrected chi connectivity index (χ2v) is 6.79. The van der Waals surface area contributed by atoms with E-state index in [0.29, 0.717) is 11.3 Å². The highest BCUT2D eigenvalue weighted by Gasteiger charge is 2.35. The zero-order chi connectivity index (χ0) is 20.1. The van der Waals surface area contributed by atoms with Gasteiger partial charge in [0, 0.05) is 5.56 Å². The van der Waals surface area contributed by atoms with Crippen molar-refractivity contribution in [2.75, 3.05) is 13.7 Å². The number of thioether (sulfide) groups is 1. The Morgan fingerprint density at radius 3 is 2.54 bits per heavy atom. The van der Waals surface area contributed by atoms with Crippen LogP contribution < -0.4 is 4.74 Å². The van der Waals surface area contributed by atoms with Gasteiger partial charge in [0.05, 0.1) is 18.6 Å². The molecule has 1 fully saturated rings. The zero-order valence-electron chi connectivity index (χ0n) is 14.9. The molecule has 0 bridgehead atoms. The molecule has 0 unspecified atom stereocenters. The average Bonchev–Trinajstić information content (AvgIpc) is 2.96. The number of ether oxygens (including phenoxy) is 2. The molecule has 1 heterocycles. The second kappa shape index (κ2) is 8.71. The molecule has 0 atom stereocenters. The number of carbonyl (C=O) groups excluding carboxylic acids is 3. The van der Waals surface area contributed by atoms with Crippen LogP contribution in [0.15, 0.2) is 53.4 Å². The normalized spacial score (nSPS) is 15.2. The first kappa shape index (κ1) is 19.6. The molecule has 1 aliphatic heterocycles. The Bertz CT molecular complexity index is 942. The summed E-state index contributed by atoms with van der Waals surface area (Å²) in [6.07, 6.45) is 1.58. The molecule has 28 heavy (non-hydrogen) atoms. The maximum Gasteiger partial charge on any atom is 0.343 e. The van der Waals surface area contributed by atoms with Crippen LogP contribution in [0, 0.1) is 5.82 Å². The van der Waals surface area contributed by atoms with Crippen LogP contribution in [0.2, 0.25) is 0 Å². The molecule has 1 aliphatic rings. The first-order valence-electron chi connectivity index (χ1n) is 8.26. The van der Waals surface area contributed by atoms with Crippen LogP contribution in [0.25, 0.3) is 6.08 Å². The third-order valence-electron chi connectivity index (χ3n) is 3.92. The van der Waals surface area contributed by atoms with E-state index in [1.54, 1.807) is 42.5 Å². The van der Waals surface area contributed by atoms with Gasteiger partial charge in [0.1, 0.15) is 11.6 Å². The molecule has 8 heteroatoms. The van der Waals surface area contributed by atoms with Crippen LogP contribution in [-0.4, -0.2) is 35.7 Å². The number of imide groups is 1. The maximum atomic E-state index is 13.8. The number of benzene rings is 2. The highest BCUT2D eigenvalue weighted by molar-refractivity contribution is 8.18. The van der Waals surface area contributed by atoms with Crippen LogP contribution in [0.4, 0.5) is 9.18 Å². The van der Waals surface area contributed by atoms with Crippen molar-refractivity contribution in [3.05, 3.63) is 70.4 Å². The van der Waals surface area contributed by atoms with E-state index in [2.05, 4.69) is 4.74 Å². The molecule has 0 aliphatic carbocycles. The predicted molar refractivity (Wildman–Crippen MR) is 102 cm³/mol. The molecule has 2 amide bonds. The molecule has 0 saturated carbocycles. The highest BCUT2D eigenvalue weighted by Crippen LogP contribution is 2.33. The lowest BCUT2D eigenvalue weighted by Crippen LogP contribution is -2.27. The van der Waals surface area contributed by atoms with Crippen LogP contribution in [0.5, 0.6) is 5.75 Å². The molecule has 2 aromatic rings. The van der Waals surface area contributed by atoms with Gasteiger partial charge in [-0.2, -0.15) is 0 Å². The standard InChI is InChI=1S/C20H16FNO5S/c1-26-18(23)12-27-15-8-6-13(7-9-15)10-17-19(24)22(20(25)28-17)11-14-4-2-3-5-16(14)21/h2-10H,11-12H2,1H3/b17-10-. The molecule has 3 rings (SSSR count). The largest absolute Gasteiger partial charge is 0.482 e. The number of nitrogens with zero attached hydrogens (tertiary/aromatic N) is 1. The molecule has 0 radical (unpaired) electrons. The summed E-state index contributed by atoms with van der Waals surface area (Å²) in [5, 5.41) is -0.447. The Morgan fingerprint density at radius 2 is 1.86 bits per heavy atom. The van der Waals surface area contributed by atoms with Crippen LogP contribution >= 0.6 is 11.8 Å². The summed E-state index contributed by atoms with van der Waals surface area (Å²) in [7, 11) is 1.27. The quantitative estimate of drug-likeness (QED) is 0.544. The molecule has 2 aromatic carbocycles. The van der Waals surface area contributed by atoms with E-state index < -0.39 is 22.9 Å². The summed E-state index contributed by atoms with van der Waals surface area (Å²) >= 11 is 0.807. The highest BCUT2D eigenvalue weighted by atomic mass is 32.2. The van der Waals surface area contributed by atoms with Crippen molar-refractivity contribution in [3.63, 3.8) is 0 Å². The number of carbonyl (C=O) groups is 3. The fourth-order valence-electron chi connectivity index (χ4n) is 2.45. The summed E-state index contributed by atoms with van der Waals surface area (Å²) in [6, 6.07) is 12.7. The molecule has 0 aromatic heterocycles. The van der Waals surface area contributed by atoms with Gasteiger partial charge in [-0.05, 0) is 41.6 Å². The number of hydrogen-bond donors (Lipinski definition) is 0. The average molecular weight is 401 g/mol. The van der Waals surface area contributed by atoms with E-state index in [9.17, 15) is 18.8 Å². The molecule has 0 N–H and O–H groups in total. The number of amides is 2. The Kier molecular flexibility index (Phi) is 6.10. The number of esters is 1. The molecule has 0 spiro atoms. The van der Waals surface area contributed by atoms with E-state index in [0.717, 1.165) is 16.7 Å². The fraction of sp³-hybridized carbons (Fsp3) is 0.150. The Balaban J connectivity index is 1.69. The van der Waals surface area contributed by atoms with Gasteiger partial charge in [-0.1, -0.05) is 30.3 Å². The van der Waals surface area contributed by atoms with Crippen LogP contribution in [0.1, 0.15) is 11.1 Å². The van der Waals surface area contributed by atoms with Crippen molar-refractivity contribution in [3.8, 4) is 5.75 Å². The molecular weight excluding hydrogens is 385 g/mol. The Hall–Kier alpha value is -3.13. The first-order chi connectivity index (χ1) is 13.5. The molecule has 144 valence electrons. The van der Waals surface area contributed by atoms with Crippen LogP contribution in [0.3, 0.4) is 0 Å². The molecule has 1 saturated heterocycles. The van der Waals surface area contributed by atoms with Gasteiger partial charge in [-0.3, -0.25) is 14.5 Å². The summed E-state index contributed by atoms with van der Waals surface area (Å²) in [5.41, 5.74) is 0.958. The third kappa shape index (κ3) is 4.58. The van der Waals surface area contributed by atoms with Crippen molar-refractivity contribution < 1.29 is 28.2 Å². The maximum absolute atomic E-state index is 13.8. The van der Waals surface area contributed by atoms with Gasteiger partial charge >= 0.3 is 5.97 Å². The third-order valence-corrected chi connectivity index (χ3v) is 4.83. The summed E-state index contributed by atoms with van der Waals surface area (Å²) < 4.78 is 23.5. The van der Waals surface area contributed by atoms with E-state index in [1.165, 1.54) is 19.2 Å². The van der Waals surface area contributed by atoms with Gasteiger partial charge in [-0.15, -0.1) is 0 Å². The summed E-state index contributed by atoms with van der Waals surface area (Å²) in [6.45, 7) is -0.320. The minimum absolute atomic E-state index is 0.116. The zero-order valence-corrected chi connectivity index (χ0v) is 15.7. The van der Waals surface area contributed by atoms with E-state index >= 15 is 0 Å². The van der Waals surface area contributed by atoms with E-state index in [1.807, 2.05) is 0 Å². The fourth-order valence-corrected chi connectivity index (χ4v) is 3.28. The van der Waals surface area contributed by atoms with E-state index in [4.69, 9.17) is 4.74 Å². The number of hydrogen-bond acceptors (Lipinski definition) is 6. The second-order valence-electron chi connectivity index (χ2n) is 5.79. The number of halogens is 1. The van der Waals surface area contributed by atoms with Gasteiger partial charge in [-0.25, -0.2) is 9.18 Å². The molecule has 6 nitrogen and oxygen atoms in total. The lowest BCUT2D eigenvalue weighted by Gasteiger charge is -2.12. The molecular formula is C20H16FNO5S. The number of rotatable bonds is 6. The van der Waals surface area contributed by atoms with Crippen molar-refractivity contribution in [1.29, 1.82) is 0 Å². The van der Waals surface area contributed by atoms with Gasteiger partial charge in [0.15, 0.2) is 6.61 Å².